The van der Waals surface area contributed by atoms with Crippen LogP contribution in [0.15, 0.2) is 60.8 Å². The van der Waals surface area contributed by atoms with Crippen molar-refractivity contribution in [2.75, 3.05) is 0 Å². The summed E-state index contributed by atoms with van der Waals surface area (Å²) in [6.45, 7) is 0.494. The summed E-state index contributed by atoms with van der Waals surface area (Å²) in [6, 6.07) is 17.8. The van der Waals surface area contributed by atoms with Crippen LogP contribution in [0.1, 0.15) is 22.5 Å². The van der Waals surface area contributed by atoms with E-state index in [-0.39, 0.29) is 0 Å². The molecule has 3 rings (SSSR count). The van der Waals surface area contributed by atoms with Gasteiger partial charge in [-0.25, -0.2) is 0 Å². The Labute approximate surface area is 146 Å². The van der Waals surface area contributed by atoms with Crippen LogP contribution in [0, 0.1) is 0 Å². The molecule has 5 heteroatoms. The standard InChI is InChI=1S/C19H18ClN3O/c20-12-18-9-7-15(13-21-18)6-8-17-10-11-19(23-22-17)24-14-16-4-2-1-3-5-16/h1-5,7,9-11,13H,6,8,12,14H2. The van der Waals surface area contributed by atoms with Gasteiger partial charge in [-0.2, -0.15) is 5.10 Å². The Bertz CT molecular complexity index is 746. The van der Waals surface area contributed by atoms with Crippen molar-refractivity contribution < 1.29 is 4.74 Å². The van der Waals surface area contributed by atoms with Gasteiger partial charge in [-0.1, -0.05) is 36.4 Å². The summed E-state index contributed by atoms with van der Waals surface area (Å²) in [5, 5.41) is 8.35. The van der Waals surface area contributed by atoms with Crippen LogP contribution in [0.2, 0.25) is 0 Å². The molecular weight excluding hydrogens is 322 g/mol. The fourth-order valence-electron chi connectivity index (χ4n) is 2.24. The van der Waals surface area contributed by atoms with Crippen LogP contribution in [0.25, 0.3) is 0 Å². The minimum atomic E-state index is 0.441. The van der Waals surface area contributed by atoms with E-state index in [0.29, 0.717) is 18.4 Å². The molecule has 0 amide bonds. The number of aryl methyl sites for hydroxylation is 2. The number of alkyl halides is 1. The van der Waals surface area contributed by atoms with E-state index >= 15 is 0 Å². The van der Waals surface area contributed by atoms with E-state index in [4.69, 9.17) is 16.3 Å². The predicted molar refractivity (Wildman–Crippen MR) is 94.0 cm³/mol. The number of halogens is 1. The fraction of sp³-hybridized carbons (Fsp3) is 0.211. The van der Waals surface area contributed by atoms with E-state index in [0.717, 1.165) is 35.4 Å². The summed E-state index contributed by atoms with van der Waals surface area (Å²) < 4.78 is 5.64. The van der Waals surface area contributed by atoms with Crippen molar-refractivity contribution in [2.45, 2.75) is 25.3 Å². The molecule has 4 nitrogen and oxygen atoms in total. The van der Waals surface area contributed by atoms with Gasteiger partial charge in [0.25, 0.3) is 0 Å². The van der Waals surface area contributed by atoms with Crippen LogP contribution in [0.5, 0.6) is 5.88 Å². The second-order valence-electron chi connectivity index (χ2n) is 5.43. The van der Waals surface area contributed by atoms with Crippen LogP contribution in [0.4, 0.5) is 0 Å². The predicted octanol–water partition coefficient (Wildman–Crippen LogP) is 3.97. The molecule has 122 valence electrons. The SMILES string of the molecule is ClCc1ccc(CCc2ccc(OCc3ccccc3)nn2)cn1. The largest absolute Gasteiger partial charge is 0.472 e. The lowest BCUT2D eigenvalue weighted by Crippen LogP contribution is -2.01. The van der Waals surface area contributed by atoms with E-state index in [1.54, 1.807) is 0 Å². The Hall–Kier alpha value is -2.46. The summed E-state index contributed by atoms with van der Waals surface area (Å²) >= 11 is 5.74. The Kier molecular flexibility index (Phi) is 5.75. The number of nitrogens with zero attached hydrogens (tertiary/aromatic N) is 3. The zero-order valence-corrected chi connectivity index (χ0v) is 14.0. The van der Waals surface area contributed by atoms with Crippen LogP contribution in [0.3, 0.4) is 0 Å². The van der Waals surface area contributed by atoms with Crippen molar-refractivity contribution >= 4 is 11.6 Å². The lowest BCUT2D eigenvalue weighted by molar-refractivity contribution is 0.290. The molecule has 1 aromatic carbocycles. The lowest BCUT2D eigenvalue weighted by Gasteiger charge is -2.06. The molecule has 0 aliphatic heterocycles. The monoisotopic (exact) mass is 339 g/mol. The van der Waals surface area contributed by atoms with Crippen molar-refractivity contribution in [3.05, 3.63) is 83.3 Å². The second-order valence-corrected chi connectivity index (χ2v) is 5.70. The lowest BCUT2D eigenvalue weighted by atomic mass is 10.1. The summed E-state index contributed by atoms with van der Waals surface area (Å²) in [5.41, 5.74) is 4.09. The third kappa shape index (κ3) is 4.77. The van der Waals surface area contributed by atoms with E-state index in [9.17, 15) is 0 Å². The minimum Gasteiger partial charge on any atom is -0.472 e. The maximum atomic E-state index is 5.74. The first-order valence-electron chi connectivity index (χ1n) is 7.82. The van der Waals surface area contributed by atoms with Gasteiger partial charge in [0, 0.05) is 12.3 Å². The van der Waals surface area contributed by atoms with Gasteiger partial charge in [-0.05, 0) is 36.1 Å². The average molecular weight is 340 g/mol. The van der Waals surface area contributed by atoms with Gasteiger partial charge < -0.3 is 4.74 Å². The highest BCUT2D eigenvalue weighted by atomic mass is 35.5. The molecule has 0 bridgehead atoms. The molecule has 0 aliphatic carbocycles. The number of hydrogen-bond donors (Lipinski definition) is 0. The Morgan fingerprint density at radius 1 is 0.792 bits per heavy atom. The van der Waals surface area contributed by atoms with Crippen molar-refractivity contribution in [1.29, 1.82) is 0 Å². The molecule has 0 spiro atoms. The summed E-state index contributed by atoms with van der Waals surface area (Å²) in [4.78, 5) is 4.29. The highest BCUT2D eigenvalue weighted by molar-refractivity contribution is 6.16. The van der Waals surface area contributed by atoms with Gasteiger partial charge in [0.1, 0.15) is 6.61 Å². The quantitative estimate of drug-likeness (QED) is 0.611. The van der Waals surface area contributed by atoms with Gasteiger partial charge in [-0.3, -0.25) is 4.98 Å². The fourth-order valence-corrected chi connectivity index (χ4v) is 2.40. The van der Waals surface area contributed by atoms with Crippen molar-refractivity contribution in [2.24, 2.45) is 0 Å². The van der Waals surface area contributed by atoms with E-state index < -0.39 is 0 Å². The van der Waals surface area contributed by atoms with E-state index in [2.05, 4.69) is 21.2 Å². The first-order chi connectivity index (χ1) is 11.8. The molecular formula is C19H18ClN3O. The summed E-state index contributed by atoms with van der Waals surface area (Å²) in [7, 11) is 0. The van der Waals surface area contributed by atoms with Crippen LogP contribution in [-0.2, 0) is 25.3 Å². The van der Waals surface area contributed by atoms with Crippen molar-refractivity contribution in [1.82, 2.24) is 15.2 Å². The summed E-state index contributed by atoms with van der Waals surface area (Å²) in [5.74, 6) is 0.978. The molecule has 24 heavy (non-hydrogen) atoms. The zero-order chi connectivity index (χ0) is 16.6. The first kappa shape index (κ1) is 16.4. The highest BCUT2D eigenvalue weighted by Gasteiger charge is 2.02. The Morgan fingerprint density at radius 2 is 1.62 bits per heavy atom. The normalized spacial score (nSPS) is 10.5. The third-order valence-electron chi connectivity index (χ3n) is 3.62. The molecule has 0 saturated heterocycles. The number of pyridine rings is 1. The van der Waals surface area contributed by atoms with Gasteiger partial charge >= 0.3 is 0 Å². The number of rotatable bonds is 7. The topological polar surface area (TPSA) is 47.9 Å². The highest BCUT2D eigenvalue weighted by Crippen LogP contribution is 2.11. The number of hydrogen-bond acceptors (Lipinski definition) is 4. The molecule has 0 aliphatic rings. The molecule has 0 N–H and O–H groups in total. The van der Waals surface area contributed by atoms with E-state index in [1.807, 2.05) is 54.7 Å². The molecule has 2 aromatic heterocycles. The van der Waals surface area contributed by atoms with Crippen LogP contribution >= 0.6 is 11.6 Å². The second kappa shape index (κ2) is 8.41. The maximum Gasteiger partial charge on any atom is 0.233 e. The Balaban J connectivity index is 1.50. The van der Waals surface area contributed by atoms with Crippen molar-refractivity contribution in [3.8, 4) is 5.88 Å². The van der Waals surface area contributed by atoms with Gasteiger partial charge in [0.2, 0.25) is 5.88 Å². The first-order valence-corrected chi connectivity index (χ1v) is 8.36. The third-order valence-corrected chi connectivity index (χ3v) is 3.89. The number of aromatic nitrogens is 3. The molecule has 0 atom stereocenters. The van der Waals surface area contributed by atoms with Gasteiger partial charge in [0.05, 0.1) is 17.3 Å². The maximum absolute atomic E-state index is 5.74. The smallest absolute Gasteiger partial charge is 0.233 e. The molecule has 2 heterocycles. The van der Waals surface area contributed by atoms with Crippen LogP contribution < -0.4 is 4.74 Å². The number of ether oxygens (including phenoxy) is 1. The zero-order valence-electron chi connectivity index (χ0n) is 13.2. The molecule has 0 unspecified atom stereocenters. The van der Waals surface area contributed by atoms with E-state index in [1.165, 1.54) is 0 Å². The molecule has 0 fully saturated rings. The van der Waals surface area contributed by atoms with Gasteiger partial charge in [-0.15, -0.1) is 16.7 Å². The Morgan fingerprint density at radius 3 is 2.29 bits per heavy atom. The summed E-state index contributed by atoms with van der Waals surface area (Å²) in [6.07, 6.45) is 3.55. The van der Waals surface area contributed by atoms with Crippen LogP contribution in [-0.4, -0.2) is 15.2 Å². The van der Waals surface area contributed by atoms with Crippen molar-refractivity contribution in [3.63, 3.8) is 0 Å². The average Bonchev–Trinajstić information content (AvgIpc) is 2.67. The molecule has 0 saturated carbocycles. The molecule has 0 radical (unpaired) electrons. The molecule has 3 aromatic rings. The number of benzene rings is 1. The minimum absolute atomic E-state index is 0.441. The van der Waals surface area contributed by atoms with Gasteiger partial charge in [0.15, 0.2) is 0 Å².